The molecule has 0 aliphatic carbocycles. The number of para-hydroxylation sites is 1. The summed E-state index contributed by atoms with van der Waals surface area (Å²) in [5, 5.41) is 1.87. The first-order valence-corrected chi connectivity index (χ1v) is 9.82. The topological polar surface area (TPSA) is 79.0 Å². The molecule has 8 heteroatoms. The summed E-state index contributed by atoms with van der Waals surface area (Å²) in [7, 11) is 3.71. The number of imide groups is 1. The first-order chi connectivity index (χ1) is 13.9. The van der Waals surface area contributed by atoms with Gasteiger partial charge in [0.15, 0.2) is 0 Å². The third kappa shape index (κ3) is 3.71. The van der Waals surface area contributed by atoms with Gasteiger partial charge in [-0.15, -0.1) is 0 Å². The smallest absolute Gasteiger partial charge is 0.290 e. The zero-order chi connectivity index (χ0) is 20.5. The lowest BCUT2D eigenvalue weighted by molar-refractivity contribution is -0.115. The Kier molecular flexibility index (Phi) is 5.02. The van der Waals surface area contributed by atoms with Crippen LogP contribution in [0.3, 0.4) is 0 Å². The fraction of sp³-hybridized carbons (Fsp3) is 0.190. The number of hydrogen-bond acceptors (Lipinski definition) is 6. The highest BCUT2D eigenvalue weighted by Gasteiger charge is 2.33. The maximum Gasteiger partial charge on any atom is 0.290 e. The van der Waals surface area contributed by atoms with Gasteiger partial charge in [0, 0.05) is 14.1 Å². The van der Waals surface area contributed by atoms with Crippen molar-refractivity contribution in [1.29, 1.82) is 0 Å². The Morgan fingerprint density at radius 2 is 1.76 bits per heavy atom. The molecule has 1 atom stereocenters. The number of ether oxygens (including phenoxy) is 1. The highest BCUT2D eigenvalue weighted by Crippen LogP contribution is 2.29. The molecule has 0 aromatic heterocycles. The molecule has 7 nitrogen and oxygen atoms in total. The quantitative estimate of drug-likeness (QED) is 0.783. The normalized spacial score (nSPS) is 20.1. The predicted octanol–water partition coefficient (Wildman–Crippen LogP) is 2.94. The summed E-state index contributed by atoms with van der Waals surface area (Å²) in [6, 6.07) is 14.7. The Labute approximate surface area is 172 Å². The van der Waals surface area contributed by atoms with E-state index >= 15 is 0 Å². The lowest BCUT2D eigenvalue weighted by Crippen LogP contribution is -2.54. The largest absolute Gasteiger partial charge is 0.489 e. The minimum atomic E-state index is -0.381. The van der Waals surface area contributed by atoms with E-state index in [-0.39, 0.29) is 23.2 Å². The Balaban J connectivity index is 1.44. The monoisotopic (exact) mass is 409 g/mol. The molecule has 4 rings (SSSR count). The van der Waals surface area contributed by atoms with Crippen LogP contribution in [0.15, 0.2) is 53.4 Å². The molecule has 1 saturated heterocycles. The molecule has 3 amide bonds. The summed E-state index contributed by atoms with van der Waals surface area (Å²) in [5.41, 5.74) is 2.35. The van der Waals surface area contributed by atoms with Crippen LogP contribution in [-0.4, -0.2) is 48.8 Å². The Morgan fingerprint density at radius 3 is 2.45 bits per heavy atom. The second-order valence-electron chi connectivity index (χ2n) is 6.76. The molecular weight excluding hydrogens is 390 g/mol. The van der Waals surface area contributed by atoms with Gasteiger partial charge in [-0.2, -0.15) is 0 Å². The number of benzene rings is 2. The zero-order valence-electron chi connectivity index (χ0n) is 15.9. The van der Waals surface area contributed by atoms with E-state index in [1.807, 2.05) is 48.3 Å². The number of carbonyl (C=O) groups excluding carboxylic acids is 3. The fourth-order valence-electron chi connectivity index (χ4n) is 3.33. The number of nitrogens with zero attached hydrogens (tertiary/aromatic N) is 2. The van der Waals surface area contributed by atoms with Crippen LogP contribution in [0.4, 0.5) is 10.5 Å². The van der Waals surface area contributed by atoms with Crippen molar-refractivity contribution < 1.29 is 19.1 Å². The average Bonchev–Trinajstić information content (AvgIpc) is 3.04. The minimum Gasteiger partial charge on any atom is -0.489 e. The molecule has 2 aromatic rings. The molecule has 2 aromatic carbocycles. The second kappa shape index (κ2) is 7.63. The summed E-state index contributed by atoms with van der Waals surface area (Å²) >= 11 is 0.884. The summed E-state index contributed by atoms with van der Waals surface area (Å²) in [6.45, 7) is 0.306. The van der Waals surface area contributed by atoms with Crippen LogP contribution in [0.5, 0.6) is 5.75 Å². The first-order valence-electron chi connectivity index (χ1n) is 9.01. The Hall–Kier alpha value is -3.26. The molecule has 29 heavy (non-hydrogen) atoms. The zero-order valence-corrected chi connectivity index (χ0v) is 16.7. The van der Waals surface area contributed by atoms with Crippen LogP contribution in [0.2, 0.25) is 0 Å². The summed E-state index contributed by atoms with van der Waals surface area (Å²) < 4.78 is 5.92. The number of hydrogen-bond donors (Lipinski definition) is 1. The van der Waals surface area contributed by atoms with Crippen molar-refractivity contribution in [2.75, 3.05) is 25.6 Å². The van der Waals surface area contributed by atoms with Gasteiger partial charge >= 0.3 is 0 Å². The van der Waals surface area contributed by atoms with Gasteiger partial charge in [0.1, 0.15) is 18.5 Å². The van der Waals surface area contributed by atoms with Gasteiger partial charge in [-0.05, 0) is 47.7 Å². The van der Waals surface area contributed by atoms with E-state index in [1.165, 1.54) is 0 Å². The average molecular weight is 409 g/mol. The van der Waals surface area contributed by atoms with Crippen molar-refractivity contribution in [3.63, 3.8) is 0 Å². The maximum atomic E-state index is 12.6. The van der Waals surface area contributed by atoms with Crippen LogP contribution in [-0.2, 0) is 4.79 Å². The molecule has 148 valence electrons. The van der Waals surface area contributed by atoms with Gasteiger partial charge < -0.3 is 14.5 Å². The predicted molar refractivity (Wildman–Crippen MR) is 112 cm³/mol. The van der Waals surface area contributed by atoms with Gasteiger partial charge in [0.25, 0.3) is 17.1 Å². The number of fused-ring (bicyclic) bond motifs is 1. The van der Waals surface area contributed by atoms with Crippen LogP contribution in [0.25, 0.3) is 6.08 Å². The van der Waals surface area contributed by atoms with Crippen molar-refractivity contribution in [2.45, 2.75) is 6.17 Å². The highest BCUT2D eigenvalue weighted by molar-refractivity contribution is 8.18. The molecule has 0 bridgehead atoms. The van der Waals surface area contributed by atoms with Crippen molar-refractivity contribution in [1.82, 2.24) is 10.2 Å². The van der Waals surface area contributed by atoms with Crippen LogP contribution < -0.4 is 15.0 Å². The lowest BCUT2D eigenvalue weighted by Gasteiger charge is -2.41. The number of rotatable bonds is 4. The van der Waals surface area contributed by atoms with E-state index in [1.54, 1.807) is 30.2 Å². The number of nitrogens with one attached hydrogen (secondary N) is 1. The molecule has 0 radical (unpaired) electrons. The number of carbonyl (C=O) groups is 3. The van der Waals surface area contributed by atoms with Crippen LogP contribution in [0.1, 0.15) is 15.9 Å². The Bertz CT molecular complexity index is 1020. The van der Waals surface area contributed by atoms with E-state index in [4.69, 9.17) is 4.74 Å². The molecule has 1 N–H and O–H groups in total. The van der Waals surface area contributed by atoms with Gasteiger partial charge in [-0.1, -0.05) is 24.3 Å². The summed E-state index contributed by atoms with van der Waals surface area (Å²) in [6.07, 6.45) is 1.43. The van der Waals surface area contributed by atoms with Crippen molar-refractivity contribution in [3.05, 3.63) is 64.6 Å². The van der Waals surface area contributed by atoms with E-state index in [0.29, 0.717) is 22.8 Å². The van der Waals surface area contributed by atoms with E-state index in [9.17, 15) is 14.4 Å². The number of thioether (sulfide) groups is 1. The number of amides is 3. The standard InChI is InChI=1S/C21H19N3O4S/c1-23-16-6-4-3-5-15(16)20(26)24(2)18(23)12-28-14-9-7-13(8-10-14)11-17-19(25)22-21(27)29-17/h3-11,18H,12H2,1-2H3,(H,22,25,27). The maximum absolute atomic E-state index is 12.6. The van der Waals surface area contributed by atoms with Gasteiger partial charge in [-0.3, -0.25) is 19.7 Å². The highest BCUT2D eigenvalue weighted by atomic mass is 32.2. The molecule has 2 heterocycles. The molecule has 1 fully saturated rings. The van der Waals surface area contributed by atoms with E-state index in [0.717, 1.165) is 23.0 Å². The van der Waals surface area contributed by atoms with Crippen molar-refractivity contribution in [2.24, 2.45) is 0 Å². The molecule has 2 aliphatic heterocycles. The fourth-order valence-corrected chi connectivity index (χ4v) is 4.02. The second-order valence-corrected chi connectivity index (χ2v) is 7.77. The molecule has 0 spiro atoms. The first kappa shape index (κ1) is 19.1. The van der Waals surface area contributed by atoms with Crippen LogP contribution in [0, 0.1) is 0 Å². The van der Waals surface area contributed by atoms with Gasteiger partial charge in [0.05, 0.1) is 16.2 Å². The van der Waals surface area contributed by atoms with Crippen LogP contribution >= 0.6 is 11.8 Å². The van der Waals surface area contributed by atoms with E-state index < -0.39 is 0 Å². The SMILES string of the molecule is CN1C(=O)c2ccccc2N(C)C1COc1ccc(C=C2SC(=O)NC2=O)cc1. The van der Waals surface area contributed by atoms with Gasteiger partial charge in [-0.25, -0.2) is 0 Å². The molecular formula is C21H19N3O4S. The third-order valence-electron chi connectivity index (χ3n) is 4.95. The van der Waals surface area contributed by atoms with E-state index in [2.05, 4.69) is 5.32 Å². The van der Waals surface area contributed by atoms with Crippen molar-refractivity contribution in [3.8, 4) is 5.75 Å². The number of likely N-dealkylation sites (N-methyl/N-ethyl adjacent to an activating group) is 2. The molecule has 0 saturated carbocycles. The Morgan fingerprint density at radius 1 is 1.03 bits per heavy atom. The minimum absolute atomic E-state index is 0.0313. The van der Waals surface area contributed by atoms with Gasteiger partial charge in [0.2, 0.25) is 0 Å². The summed E-state index contributed by atoms with van der Waals surface area (Å²) in [4.78, 5) is 39.6. The number of anilines is 1. The summed E-state index contributed by atoms with van der Waals surface area (Å²) in [5.74, 6) is 0.240. The molecule has 2 aliphatic rings. The molecule has 1 unspecified atom stereocenters. The lowest BCUT2D eigenvalue weighted by atomic mass is 10.1. The van der Waals surface area contributed by atoms with Crippen molar-refractivity contribution >= 4 is 40.6 Å². The third-order valence-corrected chi connectivity index (χ3v) is 5.76.